The van der Waals surface area contributed by atoms with E-state index in [-0.39, 0.29) is 18.2 Å². The topological polar surface area (TPSA) is 100 Å². The second kappa shape index (κ2) is 9.39. The molecule has 8 nitrogen and oxygen atoms in total. The Morgan fingerprint density at radius 1 is 1.00 bits per heavy atom. The van der Waals surface area contributed by atoms with Crippen LogP contribution in [-0.2, 0) is 19.1 Å². The molecule has 0 radical (unpaired) electrons. The lowest BCUT2D eigenvalue weighted by molar-refractivity contribution is -0.160. The van der Waals surface area contributed by atoms with Crippen molar-refractivity contribution in [3.8, 4) is 11.5 Å². The summed E-state index contributed by atoms with van der Waals surface area (Å²) in [4.78, 5) is 34.8. The van der Waals surface area contributed by atoms with Gasteiger partial charge in [0.05, 0.1) is 20.3 Å². The molecule has 132 valence electrons. The van der Waals surface area contributed by atoms with E-state index in [2.05, 4.69) is 5.32 Å². The fourth-order valence-electron chi connectivity index (χ4n) is 1.68. The highest BCUT2D eigenvalue weighted by Crippen LogP contribution is 2.22. The van der Waals surface area contributed by atoms with Crippen molar-refractivity contribution in [3.05, 3.63) is 23.8 Å². The molecular formula is C16H21NO7. The Morgan fingerprint density at radius 2 is 1.58 bits per heavy atom. The molecule has 0 aliphatic carbocycles. The van der Waals surface area contributed by atoms with E-state index in [1.165, 1.54) is 26.4 Å². The average molecular weight is 339 g/mol. The molecule has 0 spiro atoms. The summed E-state index contributed by atoms with van der Waals surface area (Å²) in [7, 11) is 2.92. The number of methoxy groups -OCH3 is 2. The van der Waals surface area contributed by atoms with Crippen LogP contribution in [-0.4, -0.2) is 51.3 Å². The maximum atomic E-state index is 12.0. The van der Waals surface area contributed by atoms with Gasteiger partial charge < -0.3 is 24.3 Å². The number of hydrogen-bond acceptors (Lipinski definition) is 7. The minimum Gasteiger partial charge on any atom is -0.497 e. The third-order valence-electron chi connectivity index (χ3n) is 2.73. The van der Waals surface area contributed by atoms with Crippen molar-refractivity contribution >= 4 is 17.8 Å². The van der Waals surface area contributed by atoms with E-state index in [0.717, 1.165) is 0 Å². The molecule has 1 aromatic rings. The maximum Gasteiger partial charge on any atom is 0.344 e. The molecule has 8 heteroatoms. The number of nitrogens with one attached hydrogen (secondary N) is 1. The molecular weight excluding hydrogens is 318 g/mol. The van der Waals surface area contributed by atoms with Gasteiger partial charge in [-0.1, -0.05) is 0 Å². The summed E-state index contributed by atoms with van der Waals surface area (Å²) in [6.45, 7) is 2.48. The predicted octanol–water partition coefficient (Wildman–Crippen LogP) is 0.928. The first kappa shape index (κ1) is 19.3. The zero-order valence-electron chi connectivity index (χ0n) is 14.1. The average Bonchev–Trinajstić information content (AvgIpc) is 2.56. The van der Waals surface area contributed by atoms with Gasteiger partial charge in [-0.2, -0.15) is 0 Å². The highest BCUT2D eigenvalue weighted by molar-refractivity contribution is 5.96. The zero-order valence-corrected chi connectivity index (χ0v) is 14.1. The first-order chi connectivity index (χ1) is 11.3. The Kier molecular flexibility index (Phi) is 7.54. The first-order valence-electron chi connectivity index (χ1n) is 7.22. The summed E-state index contributed by atoms with van der Waals surface area (Å²) >= 11 is 0. The van der Waals surface area contributed by atoms with E-state index >= 15 is 0 Å². The van der Waals surface area contributed by atoms with E-state index in [4.69, 9.17) is 18.9 Å². The number of amides is 1. The van der Waals surface area contributed by atoms with Crippen molar-refractivity contribution in [3.63, 3.8) is 0 Å². The van der Waals surface area contributed by atoms with Crippen molar-refractivity contribution in [1.29, 1.82) is 0 Å². The van der Waals surface area contributed by atoms with Crippen LogP contribution in [0.4, 0.5) is 0 Å². The summed E-state index contributed by atoms with van der Waals surface area (Å²) < 4.78 is 19.7. The number of hydrogen-bond donors (Lipinski definition) is 1. The largest absolute Gasteiger partial charge is 0.497 e. The number of rotatable bonds is 8. The van der Waals surface area contributed by atoms with Crippen LogP contribution in [0.15, 0.2) is 18.2 Å². The monoisotopic (exact) mass is 339 g/mol. The fourth-order valence-corrected chi connectivity index (χ4v) is 1.68. The molecule has 0 bridgehead atoms. The fraction of sp³-hybridized carbons (Fsp3) is 0.438. The van der Waals surface area contributed by atoms with E-state index in [1.807, 2.05) is 0 Å². The third kappa shape index (κ3) is 6.55. The molecule has 0 saturated carbocycles. The van der Waals surface area contributed by atoms with Crippen molar-refractivity contribution in [2.24, 2.45) is 0 Å². The Morgan fingerprint density at radius 3 is 2.08 bits per heavy atom. The highest BCUT2D eigenvalue weighted by Gasteiger charge is 2.13. The predicted molar refractivity (Wildman–Crippen MR) is 84.1 cm³/mol. The molecule has 0 aliphatic heterocycles. The van der Waals surface area contributed by atoms with E-state index < -0.39 is 24.5 Å². The minimum atomic E-state index is -0.751. The molecule has 0 aliphatic rings. The van der Waals surface area contributed by atoms with Gasteiger partial charge in [0.1, 0.15) is 18.0 Å². The van der Waals surface area contributed by atoms with Gasteiger partial charge in [0, 0.05) is 11.6 Å². The molecule has 1 N–H and O–H groups in total. The number of carbonyl (C=O) groups excluding carboxylic acids is 3. The molecule has 1 amide bonds. The van der Waals surface area contributed by atoms with Gasteiger partial charge in [-0.25, -0.2) is 4.79 Å². The number of ether oxygens (including phenoxy) is 4. The molecule has 0 fully saturated rings. The van der Waals surface area contributed by atoms with Gasteiger partial charge in [0.2, 0.25) is 0 Å². The van der Waals surface area contributed by atoms with Crippen molar-refractivity contribution in [1.82, 2.24) is 5.32 Å². The lowest BCUT2D eigenvalue weighted by atomic mass is 10.2. The molecule has 0 unspecified atom stereocenters. The van der Waals surface area contributed by atoms with Gasteiger partial charge in [-0.05, 0) is 26.0 Å². The van der Waals surface area contributed by atoms with E-state index in [0.29, 0.717) is 11.5 Å². The standard InChI is InChI=1S/C16H21NO7/c1-10(2)24-15(19)9-23-14(18)8-17-16(20)11-5-12(21-3)7-13(6-11)22-4/h5-7,10H,8-9H2,1-4H3,(H,17,20). The van der Waals surface area contributed by atoms with Crippen molar-refractivity contribution < 1.29 is 33.3 Å². The van der Waals surface area contributed by atoms with Crippen LogP contribution in [0.2, 0.25) is 0 Å². The van der Waals surface area contributed by atoms with Gasteiger partial charge in [0.25, 0.3) is 5.91 Å². The van der Waals surface area contributed by atoms with Crippen molar-refractivity contribution in [2.45, 2.75) is 20.0 Å². The summed E-state index contributed by atoms with van der Waals surface area (Å²) in [5, 5.41) is 2.39. The van der Waals surface area contributed by atoms with Crippen LogP contribution in [0.1, 0.15) is 24.2 Å². The number of benzene rings is 1. The normalized spacial score (nSPS) is 10.0. The minimum absolute atomic E-state index is 0.262. The smallest absolute Gasteiger partial charge is 0.344 e. The van der Waals surface area contributed by atoms with E-state index in [9.17, 15) is 14.4 Å². The second-order valence-corrected chi connectivity index (χ2v) is 4.98. The zero-order chi connectivity index (χ0) is 18.1. The second-order valence-electron chi connectivity index (χ2n) is 4.98. The molecule has 0 atom stereocenters. The summed E-state index contributed by atoms with van der Waals surface area (Å²) in [6, 6.07) is 4.62. The van der Waals surface area contributed by atoms with Crippen LogP contribution >= 0.6 is 0 Å². The molecule has 24 heavy (non-hydrogen) atoms. The summed E-state index contributed by atoms with van der Waals surface area (Å²) in [5.74, 6) is -1.02. The third-order valence-corrected chi connectivity index (χ3v) is 2.73. The van der Waals surface area contributed by atoms with E-state index in [1.54, 1.807) is 19.9 Å². The quantitative estimate of drug-likeness (QED) is 0.703. The van der Waals surface area contributed by atoms with Gasteiger partial charge in [-0.15, -0.1) is 0 Å². The Labute approximate surface area is 140 Å². The number of carbonyl (C=O) groups is 3. The van der Waals surface area contributed by atoms with Crippen LogP contribution < -0.4 is 14.8 Å². The first-order valence-corrected chi connectivity index (χ1v) is 7.22. The maximum absolute atomic E-state index is 12.0. The van der Waals surface area contributed by atoms with Crippen LogP contribution in [0.25, 0.3) is 0 Å². The lowest BCUT2D eigenvalue weighted by Gasteiger charge is -2.10. The molecule has 1 aromatic carbocycles. The molecule has 0 aromatic heterocycles. The van der Waals surface area contributed by atoms with Crippen molar-refractivity contribution in [2.75, 3.05) is 27.4 Å². The summed E-state index contributed by atoms with van der Waals surface area (Å²) in [6.07, 6.45) is -0.293. The highest BCUT2D eigenvalue weighted by atomic mass is 16.6. The van der Waals surface area contributed by atoms with Gasteiger partial charge >= 0.3 is 11.9 Å². The van der Waals surface area contributed by atoms with Crippen LogP contribution in [0, 0.1) is 0 Å². The molecule has 0 heterocycles. The Hall–Kier alpha value is -2.77. The molecule has 1 rings (SSSR count). The Bertz CT molecular complexity index is 576. The number of esters is 2. The van der Waals surface area contributed by atoms with Gasteiger partial charge in [0.15, 0.2) is 6.61 Å². The summed E-state index contributed by atoms with van der Waals surface area (Å²) in [5.41, 5.74) is 0.262. The van der Waals surface area contributed by atoms with Crippen LogP contribution in [0.3, 0.4) is 0 Å². The lowest BCUT2D eigenvalue weighted by Crippen LogP contribution is -2.32. The van der Waals surface area contributed by atoms with Gasteiger partial charge in [-0.3, -0.25) is 9.59 Å². The Balaban J connectivity index is 2.51. The van der Waals surface area contributed by atoms with Crippen LogP contribution in [0.5, 0.6) is 11.5 Å². The molecule has 0 saturated heterocycles. The SMILES string of the molecule is COc1cc(OC)cc(C(=O)NCC(=O)OCC(=O)OC(C)C)c1.